The Bertz CT molecular complexity index is 1480. The van der Waals surface area contributed by atoms with Crippen LogP contribution in [0.3, 0.4) is 0 Å². The molecule has 0 radical (unpaired) electrons. The molecular weight excluding hydrogens is 562 g/mol. The number of fused-ring (bicyclic) bond motifs is 1. The van der Waals surface area contributed by atoms with E-state index in [-0.39, 0.29) is 22.9 Å². The average Bonchev–Trinajstić information content (AvgIpc) is 3.01. The van der Waals surface area contributed by atoms with E-state index in [0.717, 1.165) is 24.1 Å². The monoisotopic (exact) mass is 601 g/mol. The molecule has 0 fully saturated rings. The topological polar surface area (TPSA) is 120 Å². The lowest BCUT2D eigenvalue weighted by molar-refractivity contribution is -0.954. The zero-order chi connectivity index (χ0) is 31.1. The van der Waals surface area contributed by atoms with Crippen LogP contribution in [0.15, 0.2) is 65.6 Å². The van der Waals surface area contributed by atoms with E-state index in [1.54, 1.807) is 34.5 Å². The average molecular weight is 602 g/mol. The van der Waals surface area contributed by atoms with Gasteiger partial charge >= 0.3 is 5.97 Å². The van der Waals surface area contributed by atoms with Gasteiger partial charge in [0.05, 0.1) is 54.0 Å². The maximum atomic E-state index is 12.6. The molecule has 0 N–H and O–H groups in total. The highest BCUT2D eigenvalue weighted by Crippen LogP contribution is 2.44. The fourth-order valence-corrected chi connectivity index (χ4v) is 5.80. The first-order valence-corrected chi connectivity index (χ1v) is 14.7. The van der Waals surface area contributed by atoms with Crippen LogP contribution in [0.5, 0.6) is 23.0 Å². The molecule has 0 aromatic heterocycles. The number of likely N-dealkylation sites (N-methyl/N-ethyl adjacent to an activating group) is 1. The Morgan fingerprint density at radius 3 is 1.98 bits per heavy atom. The number of carbonyl (C=O) groups excluding carboxylic acids is 1. The van der Waals surface area contributed by atoms with Crippen molar-refractivity contribution in [3.8, 4) is 23.0 Å². The molecule has 42 heavy (non-hydrogen) atoms. The van der Waals surface area contributed by atoms with E-state index >= 15 is 0 Å². The fourth-order valence-electron chi connectivity index (χ4n) is 5.31. The Morgan fingerprint density at radius 1 is 0.881 bits per heavy atom. The van der Waals surface area contributed by atoms with Crippen molar-refractivity contribution in [1.82, 2.24) is 0 Å². The third-order valence-corrected chi connectivity index (χ3v) is 8.76. The van der Waals surface area contributed by atoms with Crippen LogP contribution in [0, 0.1) is 0 Å². The molecule has 0 aliphatic carbocycles. The number of hydrogen-bond donors (Lipinski definition) is 0. The molecule has 0 saturated carbocycles. The van der Waals surface area contributed by atoms with Gasteiger partial charge in [-0.1, -0.05) is 24.3 Å². The molecule has 1 aliphatic heterocycles. The second kappa shape index (κ2) is 13.9. The van der Waals surface area contributed by atoms with E-state index in [4.69, 9.17) is 23.7 Å². The Morgan fingerprint density at radius 2 is 1.45 bits per heavy atom. The SMILES string of the molecule is COC(=O)C(C)[N+]1(C)CCc2cc(OC)c(OC)cc2[C@H]1Cc1ccc(OC)c(OC)c1.O=S(=O)([O-])c1ccccc1. The minimum Gasteiger partial charge on any atom is -0.744 e. The molecule has 3 aromatic carbocycles. The predicted octanol–water partition coefficient (Wildman–Crippen LogP) is 4.16. The normalized spacial score (nSPS) is 18.4. The molecule has 2 unspecified atom stereocenters. The minimum absolute atomic E-state index is 0.00533. The van der Waals surface area contributed by atoms with Crippen molar-refractivity contribution in [2.24, 2.45) is 0 Å². The van der Waals surface area contributed by atoms with Gasteiger partial charge in [-0.15, -0.1) is 0 Å². The van der Waals surface area contributed by atoms with E-state index in [2.05, 4.69) is 19.2 Å². The van der Waals surface area contributed by atoms with E-state index in [9.17, 15) is 17.8 Å². The third-order valence-electron chi connectivity index (χ3n) is 7.92. The van der Waals surface area contributed by atoms with Crippen molar-refractivity contribution < 1.29 is 45.9 Å². The number of rotatable bonds is 9. The molecule has 1 heterocycles. The van der Waals surface area contributed by atoms with Crippen LogP contribution < -0.4 is 18.9 Å². The van der Waals surface area contributed by atoms with Gasteiger partial charge in [0.1, 0.15) is 16.2 Å². The smallest absolute Gasteiger partial charge is 0.364 e. The van der Waals surface area contributed by atoms with Crippen LogP contribution in [-0.2, 0) is 32.5 Å². The summed E-state index contributed by atoms with van der Waals surface area (Å²) in [6.45, 7) is 2.75. The molecule has 3 aromatic rings. The van der Waals surface area contributed by atoms with E-state index in [1.165, 1.54) is 36.9 Å². The van der Waals surface area contributed by atoms with Crippen molar-refractivity contribution in [3.63, 3.8) is 0 Å². The number of methoxy groups -OCH3 is 5. The summed E-state index contributed by atoms with van der Waals surface area (Å²) in [7, 11) is 5.87. The summed E-state index contributed by atoms with van der Waals surface area (Å²) in [4.78, 5) is 12.4. The Kier molecular flexibility index (Phi) is 10.8. The summed E-state index contributed by atoms with van der Waals surface area (Å²) in [6, 6.07) is 16.9. The third kappa shape index (κ3) is 7.15. The lowest BCUT2D eigenvalue weighted by Crippen LogP contribution is -2.60. The number of carbonyl (C=O) groups is 1. The predicted molar refractivity (Wildman–Crippen MR) is 156 cm³/mol. The minimum atomic E-state index is -4.25. The van der Waals surface area contributed by atoms with Crippen molar-refractivity contribution in [2.45, 2.75) is 36.7 Å². The van der Waals surface area contributed by atoms with E-state index < -0.39 is 10.1 Å². The van der Waals surface area contributed by atoms with Gasteiger partial charge in [0.15, 0.2) is 29.0 Å². The van der Waals surface area contributed by atoms with Gasteiger partial charge in [0.25, 0.3) is 0 Å². The molecule has 10 nitrogen and oxygen atoms in total. The Labute approximate surface area is 248 Å². The van der Waals surface area contributed by atoms with E-state index in [1.807, 2.05) is 25.1 Å². The standard InChI is InChI=1S/C25H34NO6.C6H6O3S/c1-16(25(27)32-7)26(2)11-10-18-14-23(30-5)24(31-6)15-19(18)20(26)12-17-8-9-21(28-3)22(13-17)29-4;7-10(8,9)6-4-2-1-3-5-6/h8-9,13-16,20H,10-12H2,1-7H3;1-5H,(H,7,8,9)/q+1;/p-1/t16?,20-,26?;/m1./s1. The van der Waals surface area contributed by atoms with Crippen LogP contribution in [0.4, 0.5) is 0 Å². The zero-order valence-corrected chi connectivity index (χ0v) is 25.9. The Hall–Kier alpha value is -3.80. The van der Waals surface area contributed by atoms with Crippen molar-refractivity contribution in [1.29, 1.82) is 0 Å². The molecule has 0 bridgehead atoms. The van der Waals surface area contributed by atoms with Gasteiger partial charge in [-0.3, -0.25) is 0 Å². The molecular formula is C31H39NO9S. The molecule has 0 spiro atoms. The fraction of sp³-hybridized carbons (Fsp3) is 0.387. The second-order valence-corrected chi connectivity index (χ2v) is 11.5. The van der Waals surface area contributed by atoms with Gasteiger partial charge in [-0.2, -0.15) is 0 Å². The summed E-state index contributed by atoms with van der Waals surface area (Å²) in [5.74, 6) is 2.56. The summed E-state index contributed by atoms with van der Waals surface area (Å²) >= 11 is 0. The summed E-state index contributed by atoms with van der Waals surface area (Å²) in [5.41, 5.74) is 3.46. The lowest BCUT2D eigenvalue weighted by Gasteiger charge is -2.48. The summed E-state index contributed by atoms with van der Waals surface area (Å²) < 4.78 is 58.5. The van der Waals surface area contributed by atoms with Gasteiger partial charge in [-0.05, 0) is 54.4 Å². The van der Waals surface area contributed by atoms with E-state index in [0.29, 0.717) is 33.9 Å². The first kappa shape index (κ1) is 32.7. The maximum absolute atomic E-state index is 12.6. The van der Waals surface area contributed by atoms with Gasteiger partial charge < -0.3 is 32.7 Å². The lowest BCUT2D eigenvalue weighted by atomic mass is 9.85. The maximum Gasteiger partial charge on any atom is 0.364 e. The summed E-state index contributed by atoms with van der Waals surface area (Å²) in [6.07, 6.45) is 1.54. The molecule has 11 heteroatoms. The highest BCUT2D eigenvalue weighted by Gasteiger charge is 2.46. The van der Waals surface area contributed by atoms with Crippen LogP contribution in [0.2, 0.25) is 0 Å². The van der Waals surface area contributed by atoms with Gasteiger partial charge in [-0.25, -0.2) is 13.2 Å². The molecule has 4 rings (SSSR count). The molecule has 0 amide bonds. The van der Waals surface area contributed by atoms with Crippen molar-refractivity contribution in [3.05, 3.63) is 77.4 Å². The number of hydrogen-bond acceptors (Lipinski definition) is 9. The Balaban J connectivity index is 0.000000408. The molecule has 0 saturated heterocycles. The van der Waals surface area contributed by atoms with Gasteiger partial charge in [0, 0.05) is 18.4 Å². The molecule has 3 atom stereocenters. The van der Waals surface area contributed by atoms with Crippen LogP contribution in [-0.4, -0.2) is 78.6 Å². The number of nitrogens with zero attached hydrogens (tertiary/aromatic N) is 1. The number of benzene rings is 3. The zero-order valence-electron chi connectivity index (χ0n) is 25.1. The largest absolute Gasteiger partial charge is 0.744 e. The van der Waals surface area contributed by atoms with Crippen LogP contribution in [0.25, 0.3) is 0 Å². The van der Waals surface area contributed by atoms with Crippen molar-refractivity contribution >= 4 is 16.1 Å². The van der Waals surface area contributed by atoms with Crippen molar-refractivity contribution in [2.75, 3.05) is 49.1 Å². The number of esters is 1. The first-order chi connectivity index (χ1) is 19.9. The highest BCUT2D eigenvalue weighted by atomic mass is 32.2. The quantitative estimate of drug-likeness (QED) is 0.202. The van der Waals surface area contributed by atoms with Gasteiger partial charge in [0.2, 0.25) is 0 Å². The van der Waals surface area contributed by atoms with Crippen LogP contribution >= 0.6 is 0 Å². The number of quaternary nitrogens is 1. The number of ether oxygens (including phenoxy) is 5. The van der Waals surface area contributed by atoms with Crippen LogP contribution in [0.1, 0.15) is 29.7 Å². The summed E-state index contributed by atoms with van der Waals surface area (Å²) in [5, 5.41) is 0. The second-order valence-electron chi connectivity index (χ2n) is 10.1. The highest BCUT2D eigenvalue weighted by molar-refractivity contribution is 7.85. The first-order valence-electron chi connectivity index (χ1n) is 13.3. The molecule has 228 valence electrons. The molecule has 1 aliphatic rings.